The molecule has 15 heavy (non-hydrogen) atoms. The van der Waals surface area contributed by atoms with Crippen molar-refractivity contribution < 1.29 is 18.3 Å². The molecule has 1 aromatic carbocycles. The van der Waals surface area contributed by atoms with Crippen LogP contribution < -0.4 is 0 Å². The molecule has 0 amide bonds. The van der Waals surface area contributed by atoms with Gasteiger partial charge in [-0.05, 0) is 18.1 Å². The molecule has 2 rings (SSSR count). The Balaban J connectivity index is 2.16. The van der Waals surface area contributed by atoms with Gasteiger partial charge in [-0.3, -0.25) is 4.79 Å². The Morgan fingerprint density at radius 2 is 2.20 bits per heavy atom. The van der Waals surface area contributed by atoms with Gasteiger partial charge >= 0.3 is 5.97 Å². The lowest BCUT2D eigenvalue weighted by atomic mass is 10.1. The van der Waals surface area contributed by atoms with Crippen LogP contribution in [0.2, 0.25) is 0 Å². The van der Waals surface area contributed by atoms with Gasteiger partial charge in [0.1, 0.15) is 11.6 Å². The summed E-state index contributed by atoms with van der Waals surface area (Å²) in [4.78, 5) is 11.1. The Morgan fingerprint density at radius 1 is 1.47 bits per heavy atom. The number of benzene rings is 1. The van der Waals surface area contributed by atoms with Crippen LogP contribution in [-0.4, -0.2) is 13.1 Å². The molecular formula is C11H10F2O2. The lowest BCUT2D eigenvalue weighted by Gasteiger charge is -2.01. The van der Waals surface area contributed by atoms with Crippen molar-refractivity contribution in [3.8, 4) is 0 Å². The lowest BCUT2D eigenvalue weighted by Crippen LogP contribution is -2.04. The molecule has 80 valence electrons. The zero-order valence-electron chi connectivity index (χ0n) is 8.17. The van der Waals surface area contributed by atoms with Gasteiger partial charge in [0.25, 0.3) is 0 Å². The Morgan fingerprint density at radius 3 is 2.80 bits per heavy atom. The fourth-order valence-corrected chi connectivity index (χ4v) is 1.75. The van der Waals surface area contributed by atoms with E-state index in [-0.39, 0.29) is 17.8 Å². The predicted molar refractivity (Wildman–Crippen MR) is 49.2 cm³/mol. The van der Waals surface area contributed by atoms with E-state index in [4.69, 9.17) is 0 Å². The molecule has 2 nitrogen and oxygen atoms in total. The predicted octanol–water partition coefficient (Wildman–Crippen LogP) is 2.24. The highest BCUT2D eigenvalue weighted by molar-refractivity contribution is 5.77. The van der Waals surface area contributed by atoms with E-state index >= 15 is 0 Å². The fraction of sp³-hybridized carbons (Fsp3) is 0.364. The highest BCUT2D eigenvalue weighted by atomic mass is 19.1. The molecule has 0 spiro atoms. The molecule has 0 radical (unpaired) electrons. The standard InChI is InChI=1S/C11H10F2O2/c1-15-11(14)9-5-8(9)7-3-2-6(12)4-10(7)13/h2-4,8-9H,5H2,1H3. The fourth-order valence-electron chi connectivity index (χ4n) is 1.75. The molecule has 0 saturated heterocycles. The zero-order chi connectivity index (χ0) is 11.0. The van der Waals surface area contributed by atoms with Gasteiger partial charge in [0.2, 0.25) is 0 Å². The Hall–Kier alpha value is -1.45. The van der Waals surface area contributed by atoms with E-state index in [2.05, 4.69) is 4.74 Å². The van der Waals surface area contributed by atoms with Crippen molar-refractivity contribution >= 4 is 5.97 Å². The van der Waals surface area contributed by atoms with Crippen LogP contribution in [0.25, 0.3) is 0 Å². The number of methoxy groups -OCH3 is 1. The molecule has 0 aliphatic heterocycles. The van der Waals surface area contributed by atoms with Crippen molar-refractivity contribution in [2.45, 2.75) is 12.3 Å². The molecular weight excluding hydrogens is 202 g/mol. The molecule has 1 fully saturated rings. The Labute approximate surface area is 85.9 Å². The van der Waals surface area contributed by atoms with Crippen LogP contribution in [0, 0.1) is 17.6 Å². The summed E-state index contributed by atoms with van der Waals surface area (Å²) in [6.45, 7) is 0. The number of ether oxygens (including phenoxy) is 1. The van der Waals surface area contributed by atoms with Crippen molar-refractivity contribution in [1.82, 2.24) is 0 Å². The number of carbonyl (C=O) groups is 1. The molecule has 2 atom stereocenters. The maximum atomic E-state index is 13.3. The van der Waals surface area contributed by atoms with Gasteiger partial charge < -0.3 is 4.74 Å². The first kappa shape index (κ1) is 10.1. The largest absolute Gasteiger partial charge is 0.469 e. The molecule has 0 heterocycles. The van der Waals surface area contributed by atoms with Crippen molar-refractivity contribution in [3.63, 3.8) is 0 Å². The first-order valence-corrected chi connectivity index (χ1v) is 4.66. The van der Waals surface area contributed by atoms with Gasteiger partial charge in [0.15, 0.2) is 0 Å². The minimum Gasteiger partial charge on any atom is -0.469 e. The van der Waals surface area contributed by atoms with Gasteiger partial charge in [0, 0.05) is 12.0 Å². The minimum atomic E-state index is -0.605. The SMILES string of the molecule is COC(=O)C1CC1c1ccc(F)cc1F. The van der Waals surface area contributed by atoms with Crippen LogP contribution in [-0.2, 0) is 9.53 Å². The molecule has 1 aliphatic carbocycles. The van der Waals surface area contributed by atoms with Crippen LogP contribution >= 0.6 is 0 Å². The third kappa shape index (κ3) is 1.84. The number of hydrogen-bond acceptors (Lipinski definition) is 2. The average molecular weight is 212 g/mol. The third-order valence-corrected chi connectivity index (χ3v) is 2.66. The first-order chi connectivity index (χ1) is 7.13. The maximum absolute atomic E-state index is 13.3. The summed E-state index contributed by atoms with van der Waals surface area (Å²) in [5.41, 5.74) is 0.395. The van der Waals surface area contributed by atoms with Gasteiger partial charge in [-0.25, -0.2) is 8.78 Å². The summed E-state index contributed by atoms with van der Waals surface area (Å²) in [7, 11) is 1.30. The quantitative estimate of drug-likeness (QED) is 0.703. The number of hydrogen-bond donors (Lipinski definition) is 0. The van der Waals surface area contributed by atoms with E-state index in [1.807, 2.05) is 0 Å². The average Bonchev–Trinajstić information content (AvgIpc) is 2.96. The third-order valence-electron chi connectivity index (χ3n) is 2.66. The van der Waals surface area contributed by atoms with Crippen LogP contribution in [0.1, 0.15) is 17.9 Å². The number of carbonyl (C=O) groups excluding carboxylic acids is 1. The molecule has 2 unspecified atom stereocenters. The second-order valence-electron chi connectivity index (χ2n) is 3.64. The second kappa shape index (κ2) is 3.61. The van der Waals surface area contributed by atoms with Crippen LogP contribution in [0.15, 0.2) is 18.2 Å². The monoisotopic (exact) mass is 212 g/mol. The lowest BCUT2D eigenvalue weighted by molar-refractivity contribution is -0.142. The van der Waals surface area contributed by atoms with E-state index in [9.17, 15) is 13.6 Å². The summed E-state index contributed by atoms with van der Waals surface area (Å²) in [5, 5.41) is 0. The van der Waals surface area contributed by atoms with Crippen LogP contribution in [0.5, 0.6) is 0 Å². The number of esters is 1. The van der Waals surface area contributed by atoms with E-state index in [0.717, 1.165) is 6.07 Å². The first-order valence-electron chi connectivity index (χ1n) is 4.66. The molecule has 1 saturated carbocycles. The molecule has 0 aromatic heterocycles. The summed E-state index contributed by atoms with van der Waals surface area (Å²) < 4.78 is 30.5. The highest BCUT2D eigenvalue weighted by Crippen LogP contribution is 2.48. The van der Waals surface area contributed by atoms with Crippen molar-refractivity contribution in [2.75, 3.05) is 7.11 Å². The van der Waals surface area contributed by atoms with E-state index < -0.39 is 11.6 Å². The molecule has 0 bridgehead atoms. The summed E-state index contributed by atoms with van der Waals surface area (Å²) in [5.74, 6) is -1.95. The van der Waals surface area contributed by atoms with Gasteiger partial charge in [-0.1, -0.05) is 6.07 Å². The highest BCUT2D eigenvalue weighted by Gasteiger charge is 2.46. The number of rotatable bonds is 2. The normalized spacial score (nSPS) is 23.7. The smallest absolute Gasteiger partial charge is 0.309 e. The Kier molecular flexibility index (Phi) is 2.42. The Bertz CT molecular complexity index is 404. The van der Waals surface area contributed by atoms with Gasteiger partial charge in [0.05, 0.1) is 13.0 Å². The zero-order valence-corrected chi connectivity index (χ0v) is 8.17. The van der Waals surface area contributed by atoms with Crippen molar-refractivity contribution in [2.24, 2.45) is 5.92 Å². The van der Waals surface area contributed by atoms with Crippen LogP contribution in [0.4, 0.5) is 8.78 Å². The van der Waals surface area contributed by atoms with E-state index in [1.165, 1.54) is 19.2 Å². The molecule has 1 aliphatic rings. The molecule has 1 aromatic rings. The second-order valence-corrected chi connectivity index (χ2v) is 3.64. The van der Waals surface area contributed by atoms with Gasteiger partial charge in [-0.15, -0.1) is 0 Å². The van der Waals surface area contributed by atoms with Crippen LogP contribution in [0.3, 0.4) is 0 Å². The summed E-state index contributed by atoms with van der Waals surface area (Å²) >= 11 is 0. The maximum Gasteiger partial charge on any atom is 0.309 e. The summed E-state index contributed by atoms with van der Waals surface area (Å²) in [6, 6.07) is 3.42. The summed E-state index contributed by atoms with van der Waals surface area (Å²) in [6.07, 6.45) is 0.579. The topological polar surface area (TPSA) is 26.3 Å². The number of halogens is 2. The van der Waals surface area contributed by atoms with Crippen molar-refractivity contribution in [3.05, 3.63) is 35.4 Å². The van der Waals surface area contributed by atoms with Gasteiger partial charge in [-0.2, -0.15) is 0 Å². The van der Waals surface area contributed by atoms with E-state index in [1.54, 1.807) is 0 Å². The van der Waals surface area contributed by atoms with E-state index in [0.29, 0.717) is 12.0 Å². The molecule has 4 heteroatoms. The minimum absolute atomic E-state index is 0.155. The molecule has 0 N–H and O–H groups in total. The van der Waals surface area contributed by atoms with Crippen molar-refractivity contribution in [1.29, 1.82) is 0 Å².